The van der Waals surface area contributed by atoms with Crippen LogP contribution in [0.2, 0.25) is 0 Å². The molecule has 2 aliphatic heterocycles. The summed E-state index contributed by atoms with van der Waals surface area (Å²) in [7, 11) is 1.41. The van der Waals surface area contributed by atoms with E-state index in [1.807, 2.05) is 0 Å². The van der Waals surface area contributed by atoms with Gasteiger partial charge < -0.3 is 24.6 Å². The van der Waals surface area contributed by atoms with Gasteiger partial charge in [0.05, 0.1) is 18.8 Å². The SMILES string of the molecule is COc1cc(C)c(C(=O)NC2CCOC23CCOCC3)cc1C(=O)O. The summed E-state index contributed by atoms with van der Waals surface area (Å²) in [6, 6.07) is 2.85. The predicted octanol–water partition coefficient (Wildman–Crippen LogP) is 1.77. The topological polar surface area (TPSA) is 94.1 Å². The summed E-state index contributed by atoms with van der Waals surface area (Å²) in [6.07, 6.45) is 2.24. The van der Waals surface area contributed by atoms with Gasteiger partial charge in [-0.1, -0.05) is 0 Å². The normalized spacial score (nSPS) is 21.9. The highest BCUT2D eigenvalue weighted by molar-refractivity contribution is 6.00. The van der Waals surface area contributed by atoms with Crippen LogP contribution in [0.5, 0.6) is 5.75 Å². The summed E-state index contributed by atoms with van der Waals surface area (Å²) in [5.74, 6) is -1.17. The number of carbonyl (C=O) groups excluding carboxylic acids is 1. The second kappa shape index (κ2) is 7.01. The van der Waals surface area contributed by atoms with Crippen LogP contribution in [0.25, 0.3) is 0 Å². The smallest absolute Gasteiger partial charge is 0.339 e. The van der Waals surface area contributed by atoms with E-state index in [9.17, 15) is 14.7 Å². The Morgan fingerprint density at radius 3 is 2.60 bits per heavy atom. The minimum absolute atomic E-state index is 0.0262. The van der Waals surface area contributed by atoms with Crippen molar-refractivity contribution in [3.63, 3.8) is 0 Å². The Hall–Kier alpha value is -2.12. The number of rotatable bonds is 4. The highest BCUT2D eigenvalue weighted by Crippen LogP contribution is 2.35. The number of benzene rings is 1. The van der Waals surface area contributed by atoms with E-state index in [2.05, 4.69) is 5.32 Å². The summed E-state index contributed by atoms with van der Waals surface area (Å²) in [6.45, 7) is 3.61. The number of aromatic carboxylic acids is 1. The van der Waals surface area contributed by atoms with Gasteiger partial charge in [0.2, 0.25) is 0 Å². The number of carboxylic acid groups (broad SMARTS) is 1. The lowest BCUT2D eigenvalue weighted by Gasteiger charge is -2.37. The first-order valence-electron chi connectivity index (χ1n) is 8.41. The van der Waals surface area contributed by atoms with Crippen LogP contribution >= 0.6 is 0 Å². The molecule has 7 nitrogen and oxygen atoms in total. The molecule has 2 aliphatic rings. The maximum atomic E-state index is 12.8. The van der Waals surface area contributed by atoms with Crippen LogP contribution in [-0.2, 0) is 9.47 Å². The van der Waals surface area contributed by atoms with Crippen molar-refractivity contribution in [2.75, 3.05) is 26.9 Å². The lowest BCUT2D eigenvalue weighted by molar-refractivity contribution is -0.0872. The maximum Gasteiger partial charge on any atom is 0.339 e. The summed E-state index contributed by atoms with van der Waals surface area (Å²) >= 11 is 0. The van der Waals surface area contributed by atoms with Crippen molar-refractivity contribution in [3.8, 4) is 5.75 Å². The van der Waals surface area contributed by atoms with E-state index < -0.39 is 5.97 Å². The third-order valence-electron chi connectivity index (χ3n) is 5.10. The van der Waals surface area contributed by atoms with Crippen LogP contribution < -0.4 is 10.1 Å². The Kier molecular flexibility index (Phi) is 4.96. The fraction of sp³-hybridized carbons (Fsp3) is 0.556. The number of aryl methyl sites for hydroxylation is 1. The molecule has 25 heavy (non-hydrogen) atoms. The second-order valence-corrected chi connectivity index (χ2v) is 6.51. The van der Waals surface area contributed by atoms with Crippen molar-refractivity contribution >= 4 is 11.9 Å². The van der Waals surface area contributed by atoms with Crippen LogP contribution in [0.4, 0.5) is 0 Å². The molecule has 1 amide bonds. The lowest BCUT2D eigenvalue weighted by atomic mass is 9.86. The number of carbonyl (C=O) groups is 2. The van der Waals surface area contributed by atoms with Gasteiger partial charge in [0.15, 0.2) is 0 Å². The minimum Gasteiger partial charge on any atom is -0.496 e. The zero-order valence-corrected chi connectivity index (χ0v) is 14.5. The molecule has 2 fully saturated rings. The number of methoxy groups -OCH3 is 1. The lowest BCUT2D eigenvalue weighted by Crippen LogP contribution is -2.52. The molecular weight excluding hydrogens is 326 g/mol. The van der Waals surface area contributed by atoms with Crippen LogP contribution in [0.15, 0.2) is 12.1 Å². The third-order valence-corrected chi connectivity index (χ3v) is 5.10. The average Bonchev–Trinajstić information content (AvgIpc) is 2.96. The molecule has 0 bridgehead atoms. The molecule has 0 aliphatic carbocycles. The van der Waals surface area contributed by atoms with E-state index in [0.717, 1.165) is 19.3 Å². The zero-order valence-electron chi connectivity index (χ0n) is 14.5. The molecule has 3 rings (SSSR count). The molecule has 0 aromatic heterocycles. The minimum atomic E-state index is -1.13. The molecular formula is C18H23NO6. The Bertz CT molecular complexity index is 680. The van der Waals surface area contributed by atoms with Gasteiger partial charge in [-0.05, 0) is 31.0 Å². The third kappa shape index (κ3) is 3.34. The highest BCUT2D eigenvalue weighted by Gasteiger charge is 2.46. The number of hydrogen-bond acceptors (Lipinski definition) is 5. The summed E-state index contributed by atoms with van der Waals surface area (Å²) in [4.78, 5) is 24.2. The van der Waals surface area contributed by atoms with E-state index >= 15 is 0 Å². The highest BCUT2D eigenvalue weighted by atomic mass is 16.5. The first kappa shape index (κ1) is 17.7. The maximum absolute atomic E-state index is 12.8. The van der Waals surface area contributed by atoms with Gasteiger partial charge >= 0.3 is 5.97 Å². The van der Waals surface area contributed by atoms with Gasteiger partial charge in [0, 0.05) is 38.2 Å². The number of amides is 1. The van der Waals surface area contributed by atoms with Gasteiger partial charge in [-0.15, -0.1) is 0 Å². The predicted molar refractivity (Wildman–Crippen MR) is 89.3 cm³/mol. The molecule has 0 saturated carbocycles. The first-order chi connectivity index (χ1) is 12.0. The molecule has 2 N–H and O–H groups in total. The fourth-order valence-electron chi connectivity index (χ4n) is 3.66. The van der Waals surface area contributed by atoms with Gasteiger partial charge in [0.1, 0.15) is 11.3 Å². The molecule has 2 heterocycles. The van der Waals surface area contributed by atoms with Gasteiger partial charge in [-0.3, -0.25) is 4.79 Å². The van der Waals surface area contributed by atoms with Crippen molar-refractivity contribution in [2.45, 2.75) is 37.8 Å². The first-order valence-corrected chi connectivity index (χ1v) is 8.41. The average molecular weight is 349 g/mol. The van der Waals surface area contributed by atoms with E-state index in [0.29, 0.717) is 30.9 Å². The molecule has 7 heteroatoms. The molecule has 0 radical (unpaired) electrons. The van der Waals surface area contributed by atoms with Crippen LogP contribution in [-0.4, -0.2) is 55.6 Å². The number of nitrogens with one attached hydrogen (secondary N) is 1. The van der Waals surface area contributed by atoms with E-state index in [1.54, 1.807) is 13.0 Å². The summed E-state index contributed by atoms with van der Waals surface area (Å²) in [5.41, 5.74) is 0.609. The number of ether oxygens (including phenoxy) is 3. The quantitative estimate of drug-likeness (QED) is 0.860. The Labute approximate surface area is 146 Å². The van der Waals surface area contributed by atoms with Crippen molar-refractivity contribution in [1.82, 2.24) is 5.32 Å². The standard InChI is InChI=1S/C18H23NO6/c1-11-9-14(23-2)13(17(21)22)10-12(11)16(20)19-15-3-6-25-18(15)4-7-24-8-5-18/h9-10,15H,3-8H2,1-2H3,(H,19,20)(H,21,22). The van der Waals surface area contributed by atoms with Crippen molar-refractivity contribution < 1.29 is 28.9 Å². The molecule has 1 unspecified atom stereocenters. The number of carboxylic acids is 1. The largest absolute Gasteiger partial charge is 0.496 e. The summed E-state index contributed by atoms with van der Waals surface area (Å²) < 4.78 is 16.5. The molecule has 1 aromatic rings. The van der Waals surface area contributed by atoms with Crippen LogP contribution in [0.3, 0.4) is 0 Å². The van der Waals surface area contributed by atoms with Gasteiger partial charge in [0.25, 0.3) is 5.91 Å². The number of hydrogen-bond donors (Lipinski definition) is 2. The molecule has 1 aromatic carbocycles. The van der Waals surface area contributed by atoms with Crippen LogP contribution in [0, 0.1) is 6.92 Å². The van der Waals surface area contributed by atoms with E-state index in [4.69, 9.17) is 14.2 Å². The van der Waals surface area contributed by atoms with E-state index in [1.165, 1.54) is 13.2 Å². The monoisotopic (exact) mass is 349 g/mol. The molecule has 1 atom stereocenters. The van der Waals surface area contributed by atoms with Crippen molar-refractivity contribution in [2.24, 2.45) is 0 Å². The Balaban J connectivity index is 1.83. The van der Waals surface area contributed by atoms with Crippen LogP contribution in [0.1, 0.15) is 45.5 Å². The van der Waals surface area contributed by atoms with Gasteiger partial charge in [-0.25, -0.2) is 4.79 Å². The molecule has 2 saturated heterocycles. The Morgan fingerprint density at radius 2 is 1.96 bits per heavy atom. The molecule has 1 spiro atoms. The summed E-state index contributed by atoms with van der Waals surface area (Å²) in [5, 5.41) is 12.4. The fourth-order valence-corrected chi connectivity index (χ4v) is 3.66. The van der Waals surface area contributed by atoms with E-state index in [-0.39, 0.29) is 28.9 Å². The second-order valence-electron chi connectivity index (χ2n) is 6.51. The van der Waals surface area contributed by atoms with Crippen molar-refractivity contribution in [1.29, 1.82) is 0 Å². The van der Waals surface area contributed by atoms with Crippen molar-refractivity contribution in [3.05, 3.63) is 28.8 Å². The van der Waals surface area contributed by atoms with Gasteiger partial charge in [-0.2, -0.15) is 0 Å². The Morgan fingerprint density at radius 1 is 1.24 bits per heavy atom. The molecule has 136 valence electrons. The zero-order chi connectivity index (χ0) is 18.0.